The lowest BCUT2D eigenvalue weighted by Gasteiger charge is -2.29. The molecule has 0 unspecified atom stereocenters. The Labute approximate surface area is 146 Å². The number of alkyl halides is 3. The van der Waals surface area contributed by atoms with Crippen LogP contribution in [0.25, 0.3) is 10.9 Å². The second-order valence-corrected chi connectivity index (χ2v) is 6.49. The first-order valence-electron chi connectivity index (χ1n) is 8.17. The van der Waals surface area contributed by atoms with Crippen molar-refractivity contribution in [2.45, 2.75) is 24.7 Å². The molecule has 2 heterocycles. The first-order chi connectivity index (χ1) is 12.3. The smallest absolute Gasteiger partial charge is 0.416 e. The maximum absolute atomic E-state index is 13.1. The molecule has 0 saturated carbocycles. The molecule has 0 saturated heterocycles. The number of nitrogens with two attached hydrogens (primary N) is 1. The van der Waals surface area contributed by atoms with E-state index in [0.29, 0.717) is 5.56 Å². The van der Waals surface area contributed by atoms with Crippen molar-refractivity contribution in [3.8, 4) is 0 Å². The van der Waals surface area contributed by atoms with E-state index >= 15 is 0 Å². The van der Waals surface area contributed by atoms with Crippen LogP contribution in [0.2, 0.25) is 0 Å². The lowest BCUT2D eigenvalue weighted by molar-refractivity contribution is -0.717. The van der Waals surface area contributed by atoms with Crippen LogP contribution in [-0.2, 0) is 17.4 Å². The number of carbonyl (C=O) groups excluding carboxylic acids is 1. The lowest BCUT2D eigenvalue weighted by Crippen LogP contribution is -2.95. The van der Waals surface area contributed by atoms with Gasteiger partial charge in [0, 0.05) is 22.9 Å². The number of halogens is 3. The Morgan fingerprint density at radius 3 is 2.65 bits per heavy atom. The average Bonchev–Trinajstić information content (AvgIpc) is 2.99. The minimum atomic E-state index is -4.46. The number of carboxylic acids is 1. The highest BCUT2D eigenvalue weighted by molar-refractivity contribution is 5.86. The maximum Gasteiger partial charge on any atom is 0.416 e. The van der Waals surface area contributed by atoms with Gasteiger partial charge < -0.3 is 20.2 Å². The van der Waals surface area contributed by atoms with Gasteiger partial charge >= 0.3 is 6.18 Å². The molecule has 2 aromatic carbocycles. The summed E-state index contributed by atoms with van der Waals surface area (Å²) in [5.74, 6) is -1.22. The molecule has 3 aromatic rings. The van der Waals surface area contributed by atoms with Gasteiger partial charge in [0.15, 0.2) is 6.04 Å². The molecule has 1 aromatic heterocycles. The summed E-state index contributed by atoms with van der Waals surface area (Å²) in [4.78, 5) is 14.7. The molecule has 2 atom stereocenters. The molecule has 4 nitrogen and oxygen atoms in total. The van der Waals surface area contributed by atoms with Crippen LogP contribution < -0.4 is 10.4 Å². The van der Waals surface area contributed by atoms with Gasteiger partial charge in [-0.15, -0.1) is 0 Å². The van der Waals surface area contributed by atoms with Gasteiger partial charge in [-0.1, -0.05) is 30.3 Å². The number of para-hydroxylation sites is 1. The minimum Gasteiger partial charge on any atom is -0.544 e. The van der Waals surface area contributed by atoms with Crippen LogP contribution in [0.15, 0.2) is 48.5 Å². The van der Waals surface area contributed by atoms with Gasteiger partial charge in [0.1, 0.15) is 6.04 Å². The summed E-state index contributed by atoms with van der Waals surface area (Å²) in [6.45, 7) is 0. The molecule has 4 rings (SSSR count). The first kappa shape index (κ1) is 16.7. The van der Waals surface area contributed by atoms with Gasteiger partial charge in [-0.05, 0) is 23.8 Å². The standard InChI is InChI=1S/C19H15F3N2O2/c20-19(21,22)11-5-3-4-10(8-11)16-17-13(9-15(24-16)18(25)26)12-6-1-2-7-14(12)23-17/h1-8,15-16,23-24H,9H2,(H,25,26)/t15-,16-/m0/s1. The highest BCUT2D eigenvalue weighted by atomic mass is 19.4. The summed E-state index contributed by atoms with van der Waals surface area (Å²) in [5.41, 5.74) is 2.04. The van der Waals surface area contributed by atoms with Crippen LogP contribution in [0.5, 0.6) is 0 Å². The topological polar surface area (TPSA) is 72.5 Å². The number of aliphatic carboxylic acids is 1. The fourth-order valence-electron chi connectivity index (χ4n) is 3.67. The average molecular weight is 360 g/mol. The largest absolute Gasteiger partial charge is 0.544 e. The number of benzene rings is 2. The Morgan fingerprint density at radius 1 is 1.15 bits per heavy atom. The van der Waals surface area contributed by atoms with Crippen molar-refractivity contribution in [3.05, 3.63) is 70.9 Å². The van der Waals surface area contributed by atoms with E-state index in [1.807, 2.05) is 24.3 Å². The zero-order valence-corrected chi connectivity index (χ0v) is 13.5. The van der Waals surface area contributed by atoms with E-state index in [2.05, 4.69) is 4.98 Å². The van der Waals surface area contributed by atoms with E-state index < -0.39 is 29.8 Å². The van der Waals surface area contributed by atoms with Gasteiger partial charge in [-0.2, -0.15) is 13.2 Å². The van der Waals surface area contributed by atoms with Crippen molar-refractivity contribution in [2.24, 2.45) is 0 Å². The van der Waals surface area contributed by atoms with Crippen LogP contribution >= 0.6 is 0 Å². The number of H-pyrrole nitrogens is 1. The zero-order valence-electron chi connectivity index (χ0n) is 13.5. The van der Waals surface area contributed by atoms with E-state index in [1.165, 1.54) is 6.07 Å². The number of aromatic amines is 1. The molecule has 0 fully saturated rings. The molecule has 0 radical (unpaired) electrons. The van der Waals surface area contributed by atoms with E-state index in [0.717, 1.165) is 34.3 Å². The quantitative estimate of drug-likeness (QED) is 0.727. The van der Waals surface area contributed by atoms with E-state index in [9.17, 15) is 23.1 Å². The molecule has 1 aliphatic rings. The molecular weight excluding hydrogens is 345 g/mol. The fourth-order valence-corrected chi connectivity index (χ4v) is 3.67. The first-order valence-corrected chi connectivity index (χ1v) is 8.17. The molecule has 0 spiro atoms. The number of quaternary nitrogens is 1. The summed E-state index contributed by atoms with van der Waals surface area (Å²) < 4.78 is 39.2. The van der Waals surface area contributed by atoms with Crippen molar-refractivity contribution in [2.75, 3.05) is 0 Å². The van der Waals surface area contributed by atoms with Crippen LogP contribution in [0, 0.1) is 0 Å². The maximum atomic E-state index is 13.1. The Morgan fingerprint density at radius 2 is 1.92 bits per heavy atom. The van der Waals surface area contributed by atoms with Crippen LogP contribution in [0.3, 0.4) is 0 Å². The van der Waals surface area contributed by atoms with Crippen LogP contribution in [-0.4, -0.2) is 17.0 Å². The number of nitrogens with one attached hydrogen (secondary N) is 1. The predicted molar refractivity (Wildman–Crippen MR) is 86.0 cm³/mol. The van der Waals surface area contributed by atoms with E-state index in [1.54, 1.807) is 11.4 Å². The fraction of sp³-hybridized carbons (Fsp3) is 0.211. The minimum absolute atomic E-state index is 0.261. The third-order valence-corrected chi connectivity index (χ3v) is 4.88. The van der Waals surface area contributed by atoms with Crippen LogP contribution in [0.1, 0.15) is 28.4 Å². The summed E-state index contributed by atoms with van der Waals surface area (Å²) in [6, 6.07) is 11.0. The third kappa shape index (κ3) is 2.74. The SMILES string of the molecule is O=C([O-])[C@@H]1Cc2c([nH]c3ccccc23)[C@H](c2cccc(C(F)(F)F)c2)[NH2+]1. The number of fused-ring (bicyclic) bond motifs is 3. The van der Waals surface area contributed by atoms with Crippen molar-refractivity contribution in [1.82, 2.24) is 4.98 Å². The van der Waals surface area contributed by atoms with Crippen molar-refractivity contribution in [3.63, 3.8) is 0 Å². The second-order valence-electron chi connectivity index (χ2n) is 6.49. The highest BCUT2D eigenvalue weighted by Crippen LogP contribution is 2.34. The Bertz CT molecular complexity index is 994. The molecule has 0 amide bonds. The molecule has 26 heavy (non-hydrogen) atoms. The molecular formula is C19H15F3N2O2. The van der Waals surface area contributed by atoms with Crippen molar-refractivity contribution < 1.29 is 28.4 Å². The molecule has 134 valence electrons. The highest BCUT2D eigenvalue weighted by Gasteiger charge is 2.36. The number of carboxylic acid groups (broad SMARTS) is 1. The van der Waals surface area contributed by atoms with Gasteiger partial charge in [0.05, 0.1) is 17.2 Å². The Balaban J connectivity index is 1.88. The van der Waals surface area contributed by atoms with E-state index in [-0.39, 0.29) is 6.42 Å². The number of aromatic nitrogens is 1. The molecule has 7 heteroatoms. The third-order valence-electron chi connectivity index (χ3n) is 4.88. The van der Waals surface area contributed by atoms with Crippen LogP contribution in [0.4, 0.5) is 13.2 Å². The summed E-state index contributed by atoms with van der Waals surface area (Å²) >= 11 is 0. The molecule has 0 bridgehead atoms. The zero-order chi connectivity index (χ0) is 18.5. The summed E-state index contributed by atoms with van der Waals surface area (Å²) in [6.07, 6.45) is -4.20. The molecule has 0 aliphatic carbocycles. The number of rotatable bonds is 2. The van der Waals surface area contributed by atoms with Gasteiger partial charge in [0.2, 0.25) is 0 Å². The normalized spacial score (nSPS) is 20.1. The second kappa shape index (κ2) is 5.88. The monoisotopic (exact) mass is 360 g/mol. The molecule has 1 aliphatic heterocycles. The van der Waals surface area contributed by atoms with E-state index in [4.69, 9.17) is 0 Å². The Kier molecular flexibility index (Phi) is 3.77. The predicted octanol–water partition coefficient (Wildman–Crippen LogP) is 1.51. The van der Waals surface area contributed by atoms with Gasteiger partial charge in [0.25, 0.3) is 0 Å². The van der Waals surface area contributed by atoms with Crippen molar-refractivity contribution >= 4 is 16.9 Å². The summed E-state index contributed by atoms with van der Waals surface area (Å²) in [5, 5.41) is 13.9. The van der Waals surface area contributed by atoms with Gasteiger partial charge in [-0.25, -0.2) is 0 Å². The lowest BCUT2D eigenvalue weighted by atomic mass is 9.90. The number of hydrogen-bond acceptors (Lipinski definition) is 2. The Hall–Kier alpha value is -2.80. The van der Waals surface area contributed by atoms with Gasteiger partial charge in [-0.3, -0.25) is 0 Å². The summed E-state index contributed by atoms with van der Waals surface area (Å²) in [7, 11) is 0. The van der Waals surface area contributed by atoms with Crippen molar-refractivity contribution in [1.29, 1.82) is 0 Å². The number of carbonyl (C=O) groups is 1. The number of hydrogen-bond donors (Lipinski definition) is 2. The molecule has 3 N–H and O–H groups in total.